The molecule has 0 radical (unpaired) electrons. The highest BCUT2D eigenvalue weighted by Gasteiger charge is 2.53. The van der Waals surface area contributed by atoms with Gasteiger partial charge in [-0.1, -0.05) is 60.1 Å². The van der Waals surface area contributed by atoms with Crippen LogP contribution in [0.4, 0.5) is 4.79 Å². The summed E-state index contributed by atoms with van der Waals surface area (Å²) >= 11 is 7.97. The van der Waals surface area contributed by atoms with Crippen molar-refractivity contribution in [2.24, 2.45) is 4.99 Å². The number of carbonyl (C=O) groups is 2. The maximum atomic E-state index is 13.0. The molecule has 0 bridgehead atoms. The number of hydrogen-bond donors (Lipinski definition) is 0. The monoisotopic (exact) mass is 441 g/mol. The predicted molar refractivity (Wildman–Crippen MR) is 120 cm³/mol. The van der Waals surface area contributed by atoms with Crippen molar-refractivity contribution >= 4 is 46.3 Å². The molecule has 2 heterocycles. The van der Waals surface area contributed by atoms with Crippen LogP contribution in [0.25, 0.3) is 0 Å². The number of nitrogens with zero attached hydrogens (tertiary/aromatic N) is 4. The molecule has 2 aliphatic rings. The van der Waals surface area contributed by atoms with Gasteiger partial charge in [-0.05, 0) is 34.8 Å². The summed E-state index contributed by atoms with van der Waals surface area (Å²) < 4.78 is 1.95. The van der Waals surface area contributed by atoms with E-state index in [4.69, 9.17) is 16.6 Å². The first-order chi connectivity index (χ1) is 14.5. The van der Waals surface area contributed by atoms with E-state index in [1.165, 1.54) is 17.5 Å². The Hall–Kier alpha value is -2.64. The number of hydrogen-bond acceptors (Lipinski definition) is 4. The number of carbonyl (C=O) groups excluding carboxylic acids is 2. The molecule has 1 unspecified atom stereocenters. The zero-order valence-electron chi connectivity index (χ0n) is 16.8. The van der Waals surface area contributed by atoms with Crippen LogP contribution in [0.5, 0.6) is 0 Å². The zero-order valence-corrected chi connectivity index (χ0v) is 18.4. The van der Waals surface area contributed by atoms with E-state index in [0.29, 0.717) is 17.4 Å². The van der Waals surface area contributed by atoms with Crippen LogP contribution in [-0.2, 0) is 17.8 Å². The van der Waals surface area contributed by atoms with Gasteiger partial charge in [-0.15, -0.1) is 0 Å². The number of aryl methyl sites for hydroxylation is 1. The summed E-state index contributed by atoms with van der Waals surface area (Å²) in [6.07, 6.45) is 0.882. The highest BCUT2D eigenvalue weighted by Crippen LogP contribution is 2.26. The van der Waals surface area contributed by atoms with E-state index in [2.05, 4.69) is 12.1 Å². The number of aliphatic imine (C=N–C) groups is 1. The first-order valence-corrected chi connectivity index (χ1v) is 11.0. The molecule has 2 aliphatic heterocycles. The quantitative estimate of drug-likeness (QED) is 0.667. The molecule has 6 nitrogen and oxygen atoms in total. The van der Waals surface area contributed by atoms with Crippen molar-refractivity contribution in [2.45, 2.75) is 19.0 Å². The fourth-order valence-electron chi connectivity index (χ4n) is 3.57. The molecule has 1 fully saturated rings. The van der Waals surface area contributed by atoms with Gasteiger partial charge in [0.1, 0.15) is 6.54 Å². The SMILES string of the molecule is CN1C(=O)C2C(=NC(SCCc3ccccc3)=[N+]2Cc2ccccc2Cl)N(C)C1=O. The molecular formula is C22H22ClN4O2S+. The maximum Gasteiger partial charge on any atom is 0.358 e. The number of thioether (sulfide) groups is 1. The van der Waals surface area contributed by atoms with Crippen LogP contribution in [0.1, 0.15) is 11.1 Å². The fraction of sp³-hybridized carbons (Fsp3) is 0.273. The normalized spacial score (nSPS) is 18.8. The fourth-order valence-corrected chi connectivity index (χ4v) is 4.77. The van der Waals surface area contributed by atoms with Gasteiger partial charge in [0.25, 0.3) is 17.8 Å². The van der Waals surface area contributed by atoms with Gasteiger partial charge in [-0.25, -0.2) is 9.37 Å². The van der Waals surface area contributed by atoms with Gasteiger partial charge >= 0.3 is 11.2 Å². The Morgan fingerprint density at radius 3 is 2.47 bits per heavy atom. The minimum atomic E-state index is -0.631. The number of benzene rings is 2. The molecule has 1 atom stereocenters. The Labute approximate surface area is 184 Å². The summed E-state index contributed by atoms with van der Waals surface area (Å²) in [6, 6.07) is 16.8. The number of halogens is 1. The van der Waals surface area contributed by atoms with E-state index in [0.717, 1.165) is 27.8 Å². The Kier molecular flexibility index (Phi) is 5.92. The first-order valence-electron chi connectivity index (χ1n) is 9.65. The van der Waals surface area contributed by atoms with Gasteiger partial charge < -0.3 is 0 Å². The molecule has 0 aliphatic carbocycles. The van der Waals surface area contributed by atoms with Crippen molar-refractivity contribution in [1.29, 1.82) is 0 Å². The Morgan fingerprint density at radius 2 is 1.73 bits per heavy atom. The summed E-state index contributed by atoms with van der Waals surface area (Å²) in [4.78, 5) is 32.7. The van der Waals surface area contributed by atoms with Crippen molar-refractivity contribution in [2.75, 3.05) is 19.8 Å². The molecule has 30 heavy (non-hydrogen) atoms. The summed E-state index contributed by atoms with van der Waals surface area (Å²) in [5.41, 5.74) is 2.15. The second-order valence-electron chi connectivity index (χ2n) is 7.20. The van der Waals surface area contributed by atoms with Crippen LogP contribution in [-0.4, -0.2) is 63.2 Å². The molecule has 1 saturated heterocycles. The second kappa shape index (κ2) is 8.62. The molecule has 4 rings (SSSR count). The zero-order chi connectivity index (χ0) is 21.3. The lowest BCUT2D eigenvalue weighted by Crippen LogP contribution is -2.61. The van der Waals surface area contributed by atoms with Crippen molar-refractivity contribution in [3.63, 3.8) is 0 Å². The average molecular weight is 442 g/mol. The van der Waals surface area contributed by atoms with Gasteiger partial charge in [-0.3, -0.25) is 14.6 Å². The third-order valence-corrected chi connectivity index (χ3v) is 6.62. The number of fused-ring (bicyclic) bond motifs is 1. The smallest absolute Gasteiger partial charge is 0.269 e. The maximum absolute atomic E-state index is 13.0. The highest BCUT2D eigenvalue weighted by molar-refractivity contribution is 8.13. The first kappa shape index (κ1) is 20.6. The summed E-state index contributed by atoms with van der Waals surface area (Å²) in [5, 5.41) is 1.37. The summed E-state index contributed by atoms with van der Waals surface area (Å²) in [7, 11) is 3.16. The Balaban J connectivity index is 1.64. The Bertz CT molecular complexity index is 1050. The lowest BCUT2D eigenvalue weighted by Gasteiger charge is -2.30. The number of imide groups is 1. The summed E-state index contributed by atoms with van der Waals surface area (Å²) in [5.74, 6) is 1.00. The van der Waals surface area contributed by atoms with Gasteiger partial charge in [0.05, 0.1) is 0 Å². The minimum Gasteiger partial charge on any atom is -0.269 e. The molecule has 2 aromatic carbocycles. The molecule has 2 aromatic rings. The third-order valence-electron chi connectivity index (χ3n) is 5.26. The topological polar surface area (TPSA) is 56.0 Å². The molecule has 3 amide bonds. The van der Waals surface area contributed by atoms with Crippen molar-refractivity contribution < 1.29 is 14.2 Å². The van der Waals surface area contributed by atoms with E-state index in [-0.39, 0.29) is 11.9 Å². The van der Waals surface area contributed by atoms with E-state index < -0.39 is 6.04 Å². The van der Waals surface area contributed by atoms with Gasteiger partial charge in [-0.2, -0.15) is 0 Å². The minimum absolute atomic E-state index is 0.275. The molecule has 0 aromatic heterocycles. The van der Waals surface area contributed by atoms with E-state index >= 15 is 0 Å². The number of amides is 3. The van der Waals surface area contributed by atoms with Gasteiger partial charge in [0.2, 0.25) is 0 Å². The van der Waals surface area contributed by atoms with Crippen molar-refractivity contribution in [3.05, 3.63) is 70.7 Å². The van der Waals surface area contributed by atoms with E-state index in [1.807, 2.05) is 47.0 Å². The lowest BCUT2D eigenvalue weighted by molar-refractivity contribution is -0.548. The summed E-state index contributed by atoms with van der Waals surface area (Å²) in [6.45, 7) is 0.437. The number of urea groups is 1. The van der Waals surface area contributed by atoms with Crippen molar-refractivity contribution in [3.8, 4) is 0 Å². The average Bonchev–Trinajstić information content (AvgIpc) is 3.11. The van der Waals surface area contributed by atoms with Crippen LogP contribution in [0.2, 0.25) is 5.02 Å². The Morgan fingerprint density at radius 1 is 1.03 bits per heavy atom. The molecule has 0 N–H and O–H groups in total. The third kappa shape index (κ3) is 3.87. The molecule has 0 spiro atoms. The largest absolute Gasteiger partial charge is 0.358 e. The number of likely N-dealkylation sites (N-methyl/N-ethyl adjacent to an activating group) is 2. The van der Waals surface area contributed by atoms with E-state index in [1.54, 1.807) is 18.8 Å². The molecule has 154 valence electrons. The standard InChI is InChI=1S/C22H22ClN4O2S/c1-25-19-18(20(28)26(2)22(25)29)27(14-16-10-6-7-11-17(16)23)21(24-19)30-13-12-15-8-4-3-5-9-15/h3-11,18H,12-14H2,1-2H3/q+1. The second-order valence-corrected chi connectivity index (χ2v) is 8.67. The van der Waals surface area contributed by atoms with E-state index in [9.17, 15) is 9.59 Å². The highest BCUT2D eigenvalue weighted by atomic mass is 35.5. The van der Waals surface area contributed by atoms with Crippen LogP contribution >= 0.6 is 23.4 Å². The van der Waals surface area contributed by atoms with Crippen LogP contribution in [0.3, 0.4) is 0 Å². The van der Waals surface area contributed by atoms with Crippen LogP contribution in [0, 0.1) is 0 Å². The van der Waals surface area contributed by atoms with Crippen molar-refractivity contribution in [1.82, 2.24) is 9.80 Å². The number of rotatable bonds is 5. The van der Waals surface area contributed by atoms with Crippen LogP contribution < -0.4 is 0 Å². The molecule has 8 heteroatoms. The lowest BCUT2D eigenvalue weighted by atomic mass is 10.1. The van der Waals surface area contributed by atoms with Gasteiger partial charge in [0, 0.05) is 30.4 Å². The molecular weight excluding hydrogens is 420 g/mol. The van der Waals surface area contributed by atoms with Gasteiger partial charge in [0.15, 0.2) is 0 Å². The predicted octanol–water partition coefficient (Wildman–Crippen LogP) is 3.49. The number of amidine groups is 2. The molecule has 0 saturated carbocycles. The van der Waals surface area contributed by atoms with Crippen LogP contribution in [0.15, 0.2) is 59.6 Å².